The molecule has 0 amide bonds. The van der Waals surface area contributed by atoms with Crippen LogP contribution in [0.4, 0.5) is 0 Å². The van der Waals surface area contributed by atoms with Crippen LogP contribution in [0.1, 0.15) is 25.0 Å². The molecule has 0 saturated heterocycles. The second-order valence-corrected chi connectivity index (χ2v) is 6.24. The van der Waals surface area contributed by atoms with Gasteiger partial charge in [-0.05, 0) is 25.0 Å². The van der Waals surface area contributed by atoms with E-state index in [1.165, 1.54) is 14.2 Å². The zero-order valence-corrected chi connectivity index (χ0v) is 14.6. The topological polar surface area (TPSA) is 58.9 Å². The lowest BCUT2D eigenvalue weighted by atomic mass is 9.78. The molecule has 2 aromatic rings. The summed E-state index contributed by atoms with van der Waals surface area (Å²) >= 11 is 0. The predicted octanol–water partition coefficient (Wildman–Crippen LogP) is 2.83. The lowest BCUT2D eigenvalue weighted by molar-refractivity contribution is -0.199. The van der Waals surface area contributed by atoms with Crippen molar-refractivity contribution in [1.29, 1.82) is 0 Å². The summed E-state index contributed by atoms with van der Waals surface area (Å²) in [5.74, 6) is 0. The summed E-state index contributed by atoms with van der Waals surface area (Å²) in [5.41, 5.74) is -0.582. The third-order valence-corrected chi connectivity index (χ3v) is 4.97. The Morgan fingerprint density at radius 1 is 0.667 bits per heavy atom. The van der Waals surface area contributed by atoms with Gasteiger partial charge in [-0.2, -0.15) is 0 Å². The highest BCUT2D eigenvalue weighted by Crippen LogP contribution is 2.37. The molecule has 0 aliphatic carbocycles. The molecule has 0 aliphatic heterocycles. The highest BCUT2D eigenvalue weighted by atomic mass is 16.5. The van der Waals surface area contributed by atoms with Gasteiger partial charge in [-0.3, -0.25) is 0 Å². The molecule has 4 atom stereocenters. The molecule has 0 heterocycles. The fraction of sp³-hybridized carbons (Fsp3) is 0.400. The van der Waals surface area contributed by atoms with Crippen molar-refractivity contribution in [3.63, 3.8) is 0 Å². The van der Waals surface area contributed by atoms with Gasteiger partial charge in [0, 0.05) is 14.2 Å². The molecule has 4 heteroatoms. The van der Waals surface area contributed by atoms with Crippen LogP contribution in [-0.4, -0.2) is 36.6 Å². The average molecular weight is 330 g/mol. The third-order valence-electron chi connectivity index (χ3n) is 4.97. The molecular formula is C20H26O4. The SMILES string of the molecule is CO[C@@](C)(c1ccccc1)[C@H](O)[C@@H](O)[C@@](C)(OC)c1ccccc1. The number of hydrogen-bond acceptors (Lipinski definition) is 4. The first-order valence-electron chi connectivity index (χ1n) is 7.97. The average Bonchev–Trinajstić information content (AvgIpc) is 2.66. The van der Waals surface area contributed by atoms with Gasteiger partial charge in [0.15, 0.2) is 0 Å². The third kappa shape index (κ3) is 3.23. The van der Waals surface area contributed by atoms with Crippen molar-refractivity contribution in [2.75, 3.05) is 14.2 Å². The van der Waals surface area contributed by atoms with Gasteiger partial charge in [0.05, 0.1) is 0 Å². The zero-order chi connectivity index (χ0) is 17.8. The molecule has 0 fully saturated rings. The van der Waals surface area contributed by atoms with Crippen molar-refractivity contribution in [3.05, 3.63) is 71.8 Å². The van der Waals surface area contributed by atoms with Crippen molar-refractivity contribution in [2.24, 2.45) is 0 Å². The highest BCUT2D eigenvalue weighted by molar-refractivity contribution is 5.28. The van der Waals surface area contributed by atoms with Gasteiger partial charge in [-0.25, -0.2) is 0 Å². The molecule has 2 aromatic carbocycles. The van der Waals surface area contributed by atoms with Crippen LogP contribution in [0, 0.1) is 0 Å². The van der Waals surface area contributed by atoms with Crippen LogP contribution < -0.4 is 0 Å². The Kier molecular flexibility index (Phi) is 5.78. The van der Waals surface area contributed by atoms with E-state index in [-0.39, 0.29) is 0 Å². The summed E-state index contributed by atoms with van der Waals surface area (Å²) in [6, 6.07) is 18.8. The molecule has 0 saturated carbocycles. The van der Waals surface area contributed by atoms with Gasteiger partial charge >= 0.3 is 0 Å². The van der Waals surface area contributed by atoms with Gasteiger partial charge in [0.1, 0.15) is 23.4 Å². The monoisotopic (exact) mass is 330 g/mol. The van der Waals surface area contributed by atoms with Crippen LogP contribution in [0.3, 0.4) is 0 Å². The van der Waals surface area contributed by atoms with Crippen molar-refractivity contribution in [1.82, 2.24) is 0 Å². The van der Waals surface area contributed by atoms with Crippen LogP contribution in [-0.2, 0) is 20.7 Å². The molecule has 0 spiro atoms. The highest BCUT2D eigenvalue weighted by Gasteiger charge is 2.48. The number of hydrogen-bond donors (Lipinski definition) is 2. The Morgan fingerprint density at radius 2 is 0.958 bits per heavy atom. The molecule has 0 aromatic heterocycles. The summed E-state index contributed by atoms with van der Waals surface area (Å²) in [4.78, 5) is 0. The van der Waals surface area contributed by atoms with E-state index in [1.54, 1.807) is 13.8 Å². The second-order valence-electron chi connectivity index (χ2n) is 6.24. The Balaban J connectivity index is 2.41. The molecule has 130 valence electrons. The fourth-order valence-electron chi connectivity index (χ4n) is 2.96. The smallest absolute Gasteiger partial charge is 0.118 e. The summed E-state index contributed by atoms with van der Waals surface area (Å²) in [5, 5.41) is 21.9. The fourth-order valence-corrected chi connectivity index (χ4v) is 2.96. The van der Waals surface area contributed by atoms with Crippen LogP contribution in [0.15, 0.2) is 60.7 Å². The largest absolute Gasteiger partial charge is 0.387 e. The quantitative estimate of drug-likeness (QED) is 0.819. The van der Waals surface area contributed by atoms with Crippen LogP contribution in [0.2, 0.25) is 0 Å². The molecule has 2 N–H and O–H groups in total. The summed E-state index contributed by atoms with van der Waals surface area (Å²) in [6.45, 7) is 3.52. The Morgan fingerprint density at radius 3 is 1.21 bits per heavy atom. The molecule has 2 rings (SSSR count). The predicted molar refractivity (Wildman–Crippen MR) is 93.6 cm³/mol. The lowest BCUT2D eigenvalue weighted by Crippen LogP contribution is -2.54. The first-order valence-corrected chi connectivity index (χ1v) is 7.97. The van der Waals surface area contributed by atoms with Gasteiger partial charge < -0.3 is 19.7 Å². The number of benzene rings is 2. The number of aliphatic hydroxyl groups is 2. The minimum Gasteiger partial charge on any atom is -0.387 e. The number of methoxy groups -OCH3 is 2. The Hall–Kier alpha value is -1.72. The number of rotatable bonds is 7. The van der Waals surface area contributed by atoms with Gasteiger partial charge in [0.2, 0.25) is 0 Å². The van der Waals surface area contributed by atoms with Crippen molar-refractivity contribution in [3.8, 4) is 0 Å². The molecule has 0 unspecified atom stereocenters. The van der Waals surface area contributed by atoms with Gasteiger partial charge in [-0.15, -0.1) is 0 Å². The normalized spacial score (nSPS) is 19.1. The molecule has 4 nitrogen and oxygen atoms in total. The first-order chi connectivity index (χ1) is 11.4. The minimum atomic E-state index is -1.20. The Labute approximate surface area is 143 Å². The summed E-state index contributed by atoms with van der Waals surface area (Å²) in [7, 11) is 3.05. The van der Waals surface area contributed by atoms with Crippen molar-refractivity contribution >= 4 is 0 Å². The van der Waals surface area contributed by atoms with E-state index in [1.807, 2.05) is 60.7 Å². The van der Waals surface area contributed by atoms with Crippen LogP contribution >= 0.6 is 0 Å². The van der Waals surface area contributed by atoms with E-state index < -0.39 is 23.4 Å². The molecular weight excluding hydrogens is 304 g/mol. The zero-order valence-electron chi connectivity index (χ0n) is 14.6. The minimum absolute atomic E-state index is 0.783. The Bertz CT molecular complexity index is 573. The summed E-state index contributed by atoms with van der Waals surface area (Å²) in [6.07, 6.45) is -2.40. The van der Waals surface area contributed by atoms with E-state index in [4.69, 9.17) is 9.47 Å². The van der Waals surface area contributed by atoms with Gasteiger partial charge in [-0.1, -0.05) is 60.7 Å². The van der Waals surface area contributed by atoms with Gasteiger partial charge in [0.25, 0.3) is 0 Å². The molecule has 0 bridgehead atoms. The number of ether oxygens (including phenoxy) is 2. The van der Waals surface area contributed by atoms with E-state index in [9.17, 15) is 10.2 Å². The maximum absolute atomic E-state index is 11.0. The van der Waals surface area contributed by atoms with E-state index in [0.717, 1.165) is 11.1 Å². The lowest BCUT2D eigenvalue weighted by Gasteiger charge is -2.43. The second kappa shape index (κ2) is 7.45. The van der Waals surface area contributed by atoms with Crippen molar-refractivity contribution < 1.29 is 19.7 Å². The molecule has 24 heavy (non-hydrogen) atoms. The first kappa shape index (κ1) is 18.6. The van der Waals surface area contributed by atoms with E-state index in [0.29, 0.717) is 0 Å². The maximum atomic E-state index is 11.0. The molecule has 0 aliphatic rings. The van der Waals surface area contributed by atoms with E-state index in [2.05, 4.69) is 0 Å². The van der Waals surface area contributed by atoms with Crippen molar-refractivity contribution in [2.45, 2.75) is 37.3 Å². The standard InChI is InChI=1S/C20H26O4/c1-19(23-3,15-11-7-5-8-12-15)17(21)18(22)20(2,24-4)16-13-9-6-10-14-16/h5-14,17-18,21-22H,1-4H3/t17-,18-,19+,20+/m1/s1. The maximum Gasteiger partial charge on any atom is 0.118 e. The van der Waals surface area contributed by atoms with E-state index >= 15 is 0 Å². The van der Waals surface area contributed by atoms with Crippen LogP contribution in [0.25, 0.3) is 0 Å². The summed E-state index contributed by atoms with van der Waals surface area (Å²) < 4.78 is 11.2. The number of aliphatic hydroxyl groups excluding tert-OH is 2. The van der Waals surface area contributed by atoms with Crippen LogP contribution in [0.5, 0.6) is 0 Å². The molecule has 0 radical (unpaired) electrons.